The van der Waals surface area contributed by atoms with E-state index >= 15 is 0 Å². The first kappa shape index (κ1) is 23.4. The van der Waals surface area contributed by atoms with Gasteiger partial charge in [0, 0.05) is 6.54 Å². The van der Waals surface area contributed by atoms with Crippen LogP contribution in [0.4, 0.5) is 0 Å². The van der Waals surface area contributed by atoms with Crippen LogP contribution in [0.2, 0.25) is 0 Å². The highest BCUT2D eigenvalue weighted by molar-refractivity contribution is 5.75. The highest BCUT2D eigenvalue weighted by atomic mass is 16.5. The molecule has 0 N–H and O–H groups in total. The molecule has 0 atom stereocenters. The van der Waals surface area contributed by atoms with Crippen molar-refractivity contribution in [2.75, 3.05) is 0 Å². The van der Waals surface area contributed by atoms with E-state index in [1.54, 1.807) is 0 Å². The molecule has 3 aromatic rings. The zero-order valence-electron chi connectivity index (χ0n) is 19.8. The Morgan fingerprint density at radius 3 is 2.13 bits per heavy atom. The molecule has 168 valence electrons. The van der Waals surface area contributed by atoms with E-state index in [-0.39, 0.29) is 0 Å². The summed E-state index contributed by atoms with van der Waals surface area (Å²) < 4.78 is 8.47. The van der Waals surface area contributed by atoms with Crippen molar-refractivity contribution >= 4 is 11.0 Å². The van der Waals surface area contributed by atoms with Gasteiger partial charge in [0.1, 0.15) is 18.2 Å². The third kappa shape index (κ3) is 7.12. The van der Waals surface area contributed by atoms with Crippen LogP contribution in [0.1, 0.15) is 95.9 Å². The second-order valence-corrected chi connectivity index (χ2v) is 9.01. The molecule has 0 aliphatic rings. The molecule has 3 rings (SSSR count). The number of unbranched alkanes of at least 4 members (excludes halogenated alkanes) is 8. The van der Waals surface area contributed by atoms with Crippen molar-refractivity contribution in [3.8, 4) is 5.75 Å². The minimum absolute atomic E-state index is 0.507. The number of ether oxygens (including phenoxy) is 1. The molecular formula is C28H40N2O. The fourth-order valence-electron chi connectivity index (χ4n) is 4.16. The van der Waals surface area contributed by atoms with Crippen molar-refractivity contribution in [2.24, 2.45) is 0 Å². The van der Waals surface area contributed by atoms with Crippen LogP contribution in [0.3, 0.4) is 0 Å². The zero-order chi connectivity index (χ0) is 21.9. The largest absolute Gasteiger partial charge is 0.486 e. The molecule has 3 heteroatoms. The molecule has 1 heterocycles. The number of benzene rings is 2. The third-order valence-corrected chi connectivity index (χ3v) is 6.13. The normalized spacial score (nSPS) is 11.5. The molecule has 3 nitrogen and oxygen atoms in total. The first-order valence-electron chi connectivity index (χ1n) is 12.4. The summed E-state index contributed by atoms with van der Waals surface area (Å²) in [5.74, 6) is 2.47. The maximum Gasteiger partial charge on any atom is 0.147 e. The Labute approximate surface area is 188 Å². The standard InChI is InChI=1S/C28H40N2O/c1-4-5-6-7-8-9-10-11-14-21-30-27-16-13-12-15-26(27)29-28(30)22-31-25-19-17-24(18-20-25)23(2)3/h12-13,15-20,23H,4-11,14,21-22H2,1-3H3. The zero-order valence-corrected chi connectivity index (χ0v) is 19.8. The van der Waals surface area contributed by atoms with Gasteiger partial charge in [-0.05, 0) is 42.2 Å². The fraction of sp³-hybridized carbons (Fsp3) is 0.536. The smallest absolute Gasteiger partial charge is 0.147 e. The molecule has 0 fully saturated rings. The number of nitrogens with zero attached hydrogens (tertiary/aromatic N) is 2. The van der Waals surface area contributed by atoms with Gasteiger partial charge in [0.25, 0.3) is 0 Å². The SMILES string of the molecule is CCCCCCCCCCCn1c(COc2ccc(C(C)C)cc2)nc2ccccc21. The predicted octanol–water partition coefficient (Wildman–Crippen LogP) is 8.27. The van der Waals surface area contributed by atoms with Crippen molar-refractivity contribution in [1.29, 1.82) is 0 Å². The average molecular weight is 421 g/mol. The Morgan fingerprint density at radius 1 is 0.806 bits per heavy atom. The summed E-state index contributed by atoms with van der Waals surface area (Å²) in [7, 11) is 0. The van der Waals surface area contributed by atoms with E-state index < -0.39 is 0 Å². The summed E-state index contributed by atoms with van der Waals surface area (Å²) in [6, 6.07) is 16.9. The van der Waals surface area contributed by atoms with E-state index in [4.69, 9.17) is 9.72 Å². The summed E-state index contributed by atoms with van der Waals surface area (Å²) in [5.41, 5.74) is 3.62. The Kier molecular flexibility index (Phi) is 9.45. The maximum absolute atomic E-state index is 6.11. The van der Waals surface area contributed by atoms with E-state index in [1.807, 2.05) is 0 Å². The molecule has 1 aromatic heterocycles. The van der Waals surface area contributed by atoms with Crippen molar-refractivity contribution in [3.63, 3.8) is 0 Å². The van der Waals surface area contributed by atoms with Crippen LogP contribution in [0, 0.1) is 0 Å². The number of aromatic nitrogens is 2. The summed E-state index contributed by atoms with van der Waals surface area (Å²) in [5, 5.41) is 0. The van der Waals surface area contributed by atoms with Gasteiger partial charge in [0.2, 0.25) is 0 Å². The molecule has 0 radical (unpaired) electrons. The number of para-hydroxylation sites is 2. The van der Waals surface area contributed by atoms with Gasteiger partial charge >= 0.3 is 0 Å². The molecule has 0 aliphatic carbocycles. The fourth-order valence-corrected chi connectivity index (χ4v) is 4.16. The summed E-state index contributed by atoms with van der Waals surface area (Å²) >= 11 is 0. The van der Waals surface area contributed by atoms with Gasteiger partial charge in [-0.15, -0.1) is 0 Å². The third-order valence-electron chi connectivity index (χ3n) is 6.13. The van der Waals surface area contributed by atoms with Crippen molar-refractivity contribution in [3.05, 3.63) is 59.9 Å². The van der Waals surface area contributed by atoms with Crippen LogP contribution < -0.4 is 4.74 Å². The molecule has 0 saturated carbocycles. The minimum atomic E-state index is 0.507. The first-order chi connectivity index (χ1) is 15.2. The van der Waals surface area contributed by atoms with Gasteiger partial charge in [-0.2, -0.15) is 0 Å². The number of fused-ring (bicyclic) bond motifs is 1. The number of hydrogen-bond donors (Lipinski definition) is 0. The minimum Gasteiger partial charge on any atom is -0.486 e. The number of aryl methyl sites for hydroxylation is 1. The lowest BCUT2D eigenvalue weighted by molar-refractivity contribution is 0.289. The topological polar surface area (TPSA) is 27.1 Å². The summed E-state index contributed by atoms with van der Waals surface area (Å²) in [4.78, 5) is 4.87. The molecule has 2 aromatic carbocycles. The van der Waals surface area contributed by atoms with Crippen LogP contribution in [-0.2, 0) is 13.2 Å². The van der Waals surface area contributed by atoms with Crippen LogP contribution in [-0.4, -0.2) is 9.55 Å². The highest BCUT2D eigenvalue weighted by Gasteiger charge is 2.11. The Balaban J connectivity index is 1.53. The first-order valence-corrected chi connectivity index (χ1v) is 12.4. The Morgan fingerprint density at radius 2 is 1.45 bits per heavy atom. The molecule has 0 amide bonds. The van der Waals surface area contributed by atoms with E-state index in [0.29, 0.717) is 12.5 Å². The van der Waals surface area contributed by atoms with Gasteiger partial charge < -0.3 is 9.30 Å². The molecule has 0 bridgehead atoms. The number of imidazole rings is 1. The molecular weight excluding hydrogens is 380 g/mol. The summed E-state index contributed by atoms with van der Waals surface area (Å²) in [6.45, 7) is 8.23. The van der Waals surface area contributed by atoms with Crippen molar-refractivity contribution < 1.29 is 4.74 Å². The molecule has 31 heavy (non-hydrogen) atoms. The molecule has 0 spiro atoms. The van der Waals surface area contributed by atoms with Crippen LogP contribution in [0.15, 0.2) is 48.5 Å². The second-order valence-electron chi connectivity index (χ2n) is 9.01. The van der Waals surface area contributed by atoms with Crippen molar-refractivity contribution in [1.82, 2.24) is 9.55 Å². The van der Waals surface area contributed by atoms with Gasteiger partial charge in [-0.1, -0.05) is 96.4 Å². The van der Waals surface area contributed by atoms with E-state index in [0.717, 1.165) is 23.6 Å². The maximum atomic E-state index is 6.11. The lowest BCUT2D eigenvalue weighted by Crippen LogP contribution is -2.07. The Hall–Kier alpha value is -2.29. The van der Waals surface area contributed by atoms with Crippen LogP contribution >= 0.6 is 0 Å². The molecule has 0 unspecified atom stereocenters. The highest BCUT2D eigenvalue weighted by Crippen LogP contribution is 2.22. The second kappa shape index (κ2) is 12.5. The van der Waals surface area contributed by atoms with Gasteiger partial charge in [0.15, 0.2) is 0 Å². The molecule has 0 saturated heterocycles. The van der Waals surface area contributed by atoms with Crippen LogP contribution in [0.5, 0.6) is 5.75 Å². The average Bonchev–Trinajstić information content (AvgIpc) is 3.14. The number of rotatable bonds is 14. The lowest BCUT2D eigenvalue weighted by Gasteiger charge is -2.11. The predicted molar refractivity (Wildman–Crippen MR) is 132 cm³/mol. The lowest BCUT2D eigenvalue weighted by atomic mass is 10.0. The monoisotopic (exact) mass is 420 g/mol. The quantitative estimate of drug-likeness (QED) is 0.245. The summed E-state index contributed by atoms with van der Waals surface area (Å²) in [6.07, 6.45) is 12.1. The van der Waals surface area contributed by atoms with Gasteiger partial charge in [0.05, 0.1) is 11.0 Å². The van der Waals surface area contributed by atoms with E-state index in [9.17, 15) is 0 Å². The van der Waals surface area contributed by atoms with E-state index in [2.05, 4.69) is 73.9 Å². The van der Waals surface area contributed by atoms with Crippen molar-refractivity contribution in [2.45, 2.75) is 97.6 Å². The van der Waals surface area contributed by atoms with Gasteiger partial charge in [-0.25, -0.2) is 4.98 Å². The van der Waals surface area contributed by atoms with Gasteiger partial charge in [-0.3, -0.25) is 0 Å². The van der Waals surface area contributed by atoms with Crippen LogP contribution in [0.25, 0.3) is 11.0 Å². The number of hydrogen-bond acceptors (Lipinski definition) is 2. The molecule has 0 aliphatic heterocycles. The Bertz CT molecular complexity index is 895. The van der Waals surface area contributed by atoms with E-state index in [1.165, 1.54) is 68.9 Å².